The Bertz CT molecular complexity index is 623. The molecule has 0 spiro atoms. The number of thiophene rings is 1. The van der Waals surface area contributed by atoms with Crippen LogP contribution in [0.1, 0.15) is 21.4 Å². The summed E-state index contributed by atoms with van der Waals surface area (Å²) in [5, 5.41) is 5.16. The van der Waals surface area contributed by atoms with Crippen molar-refractivity contribution in [1.29, 1.82) is 0 Å². The molecular weight excluding hydrogens is 270 g/mol. The summed E-state index contributed by atoms with van der Waals surface area (Å²) in [5.41, 5.74) is 3.00. The molecule has 1 N–H and O–H groups in total. The zero-order valence-corrected chi connectivity index (χ0v) is 11.1. The number of methoxy groups -OCH3 is 1. The Morgan fingerprint density at radius 3 is 3.06 bits per heavy atom. The quantitative estimate of drug-likeness (QED) is 0.489. The highest BCUT2D eigenvalue weighted by molar-refractivity contribution is 7.14. The summed E-state index contributed by atoms with van der Waals surface area (Å²) in [6.07, 6.45) is 0. The number of benzene rings is 1. The average Bonchev–Trinajstić information content (AvgIpc) is 2.87. The highest BCUT2D eigenvalue weighted by Gasteiger charge is 2.27. The molecule has 1 atom stereocenters. The summed E-state index contributed by atoms with van der Waals surface area (Å²) in [5.74, 6) is -0.358. The molecule has 0 radical (unpaired) electrons. The van der Waals surface area contributed by atoms with Crippen molar-refractivity contribution in [1.82, 2.24) is 0 Å². The van der Waals surface area contributed by atoms with Gasteiger partial charge >= 0.3 is 5.97 Å². The Hall–Kier alpha value is -1.52. The Balaban J connectivity index is 2.23. The molecule has 92 valence electrons. The maximum atomic E-state index is 11.7. The van der Waals surface area contributed by atoms with E-state index in [0.717, 1.165) is 21.7 Å². The van der Waals surface area contributed by atoms with E-state index in [-0.39, 0.29) is 11.5 Å². The normalized spacial score (nSPS) is 16.4. The van der Waals surface area contributed by atoms with Crippen LogP contribution < -0.4 is 5.32 Å². The lowest BCUT2D eigenvalue weighted by atomic mass is 9.99. The molecule has 0 saturated heterocycles. The first-order valence-electron chi connectivity index (χ1n) is 5.42. The van der Waals surface area contributed by atoms with E-state index < -0.39 is 0 Å². The summed E-state index contributed by atoms with van der Waals surface area (Å²) in [6, 6.07) is 7.57. The van der Waals surface area contributed by atoms with Crippen molar-refractivity contribution in [2.24, 2.45) is 0 Å². The number of rotatable bonds is 1. The zero-order chi connectivity index (χ0) is 12.7. The van der Waals surface area contributed by atoms with Crippen molar-refractivity contribution in [3.8, 4) is 10.4 Å². The van der Waals surface area contributed by atoms with Gasteiger partial charge in [0.25, 0.3) is 0 Å². The number of hydrogen-bond acceptors (Lipinski definition) is 4. The van der Waals surface area contributed by atoms with Gasteiger partial charge in [-0.2, -0.15) is 0 Å². The molecule has 0 saturated carbocycles. The number of nitrogens with one attached hydrogen (secondary N) is 1. The van der Waals surface area contributed by atoms with Gasteiger partial charge in [0, 0.05) is 16.0 Å². The standard InChI is InChI=1S/C13H10ClNO2S/c1-17-13(16)8-4-2-3-7-10(8)15-12(14)9-5-6-18-11(7)9/h2-6,12,15H,1H3. The summed E-state index contributed by atoms with van der Waals surface area (Å²) in [6.45, 7) is 0. The molecule has 3 nitrogen and oxygen atoms in total. The van der Waals surface area contributed by atoms with Gasteiger partial charge in [-0.25, -0.2) is 4.79 Å². The number of carbonyl (C=O) groups is 1. The fourth-order valence-electron chi connectivity index (χ4n) is 2.12. The fraction of sp³-hybridized carbons (Fsp3) is 0.154. The third kappa shape index (κ3) is 1.61. The molecule has 18 heavy (non-hydrogen) atoms. The number of para-hydroxylation sites is 1. The maximum Gasteiger partial charge on any atom is 0.339 e. The smallest absolute Gasteiger partial charge is 0.339 e. The summed E-state index contributed by atoms with van der Waals surface area (Å²) >= 11 is 7.90. The van der Waals surface area contributed by atoms with E-state index in [4.69, 9.17) is 16.3 Å². The molecule has 0 amide bonds. The van der Waals surface area contributed by atoms with Crippen LogP contribution in [0, 0.1) is 0 Å². The lowest BCUT2D eigenvalue weighted by molar-refractivity contribution is 0.0602. The van der Waals surface area contributed by atoms with Gasteiger partial charge in [0.05, 0.1) is 18.4 Å². The summed E-state index contributed by atoms with van der Waals surface area (Å²) in [4.78, 5) is 12.8. The van der Waals surface area contributed by atoms with Gasteiger partial charge in [-0.15, -0.1) is 11.3 Å². The number of hydrogen-bond donors (Lipinski definition) is 1. The molecule has 0 aliphatic carbocycles. The first kappa shape index (κ1) is 11.6. The number of alkyl halides is 1. The maximum absolute atomic E-state index is 11.7. The third-order valence-electron chi connectivity index (χ3n) is 2.95. The fourth-order valence-corrected chi connectivity index (χ4v) is 3.44. The Morgan fingerprint density at radius 1 is 1.44 bits per heavy atom. The Kier molecular flexibility index (Phi) is 2.76. The van der Waals surface area contributed by atoms with Crippen molar-refractivity contribution in [3.05, 3.63) is 40.8 Å². The van der Waals surface area contributed by atoms with E-state index >= 15 is 0 Å². The minimum atomic E-state index is -0.358. The predicted molar refractivity (Wildman–Crippen MR) is 73.3 cm³/mol. The summed E-state index contributed by atoms with van der Waals surface area (Å²) < 4.78 is 4.79. The van der Waals surface area contributed by atoms with Crippen molar-refractivity contribution in [2.75, 3.05) is 12.4 Å². The highest BCUT2D eigenvalue weighted by atomic mass is 35.5. The lowest BCUT2D eigenvalue weighted by Gasteiger charge is -2.24. The molecule has 0 bridgehead atoms. The van der Waals surface area contributed by atoms with Crippen molar-refractivity contribution < 1.29 is 9.53 Å². The van der Waals surface area contributed by atoms with Gasteiger partial charge in [0.1, 0.15) is 5.50 Å². The second kappa shape index (κ2) is 4.30. The minimum absolute atomic E-state index is 0.315. The number of esters is 1. The Morgan fingerprint density at radius 2 is 2.28 bits per heavy atom. The molecule has 2 heterocycles. The summed E-state index contributed by atoms with van der Waals surface area (Å²) in [7, 11) is 1.37. The van der Waals surface area contributed by atoms with Crippen LogP contribution in [0.15, 0.2) is 29.6 Å². The molecule has 3 rings (SSSR count). The molecule has 1 unspecified atom stereocenters. The van der Waals surface area contributed by atoms with E-state index in [9.17, 15) is 4.79 Å². The van der Waals surface area contributed by atoms with Gasteiger partial charge < -0.3 is 10.1 Å². The number of halogens is 1. The second-order valence-corrected chi connectivity index (χ2v) is 5.28. The number of fused-ring (bicyclic) bond motifs is 3. The van der Waals surface area contributed by atoms with Crippen molar-refractivity contribution in [2.45, 2.75) is 5.50 Å². The molecule has 5 heteroatoms. The number of anilines is 1. The van der Waals surface area contributed by atoms with Crippen molar-refractivity contribution in [3.63, 3.8) is 0 Å². The highest BCUT2D eigenvalue weighted by Crippen LogP contribution is 2.46. The van der Waals surface area contributed by atoms with Gasteiger partial charge in [0.15, 0.2) is 0 Å². The molecule has 2 aromatic rings. The van der Waals surface area contributed by atoms with Gasteiger partial charge in [-0.1, -0.05) is 23.7 Å². The van der Waals surface area contributed by atoms with E-state index in [1.54, 1.807) is 17.4 Å². The van der Waals surface area contributed by atoms with Gasteiger partial charge in [-0.3, -0.25) is 0 Å². The Labute approximate surface area is 113 Å². The molecular formula is C13H10ClNO2S. The third-order valence-corrected chi connectivity index (χ3v) is 4.26. The van der Waals surface area contributed by atoms with Crippen LogP contribution in [0.3, 0.4) is 0 Å². The number of carbonyl (C=O) groups excluding carboxylic acids is 1. The van der Waals surface area contributed by atoms with Crippen LogP contribution >= 0.6 is 22.9 Å². The van der Waals surface area contributed by atoms with Crippen LogP contribution in [0.25, 0.3) is 10.4 Å². The second-order valence-electron chi connectivity index (χ2n) is 3.93. The number of ether oxygens (including phenoxy) is 1. The van der Waals surface area contributed by atoms with E-state index in [0.29, 0.717) is 5.56 Å². The molecule has 1 aliphatic heterocycles. The molecule has 1 aromatic carbocycles. The molecule has 1 aliphatic rings. The molecule has 1 aromatic heterocycles. The van der Waals surface area contributed by atoms with Gasteiger partial charge in [-0.05, 0) is 17.5 Å². The van der Waals surface area contributed by atoms with Crippen LogP contribution in [-0.2, 0) is 4.74 Å². The first-order chi connectivity index (χ1) is 8.72. The first-order valence-corrected chi connectivity index (χ1v) is 6.73. The van der Waals surface area contributed by atoms with Crippen LogP contribution in [0.4, 0.5) is 5.69 Å². The van der Waals surface area contributed by atoms with Crippen molar-refractivity contribution >= 4 is 34.6 Å². The zero-order valence-electron chi connectivity index (χ0n) is 9.57. The topological polar surface area (TPSA) is 38.3 Å². The van der Waals surface area contributed by atoms with E-state index in [1.165, 1.54) is 7.11 Å². The monoisotopic (exact) mass is 279 g/mol. The SMILES string of the molecule is COC(=O)c1cccc2c1NC(Cl)c1ccsc1-2. The van der Waals surface area contributed by atoms with Crippen LogP contribution in [0.5, 0.6) is 0 Å². The predicted octanol–water partition coefficient (Wildman–Crippen LogP) is 3.86. The van der Waals surface area contributed by atoms with Gasteiger partial charge in [0.2, 0.25) is 0 Å². The van der Waals surface area contributed by atoms with E-state index in [1.807, 2.05) is 23.6 Å². The minimum Gasteiger partial charge on any atom is -0.465 e. The largest absolute Gasteiger partial charge is 0.465 e. The molecule has 0 fully saturated rings. The van der Waals surface area contributed by atoms with Crippen LogP contribution in [-0.4, -0.2) is 13.1 Å². The average molecular weight is 280 g/mol. The van der Waals surface area contributed by atoms with Crippen LogP contribution in [0.2, 0.25) is 0 Å². The lowest BCUT2D eigenvalue weighted by Crippen LogP contribution is -2.15. The van der Waals surface area contributed by atoms with E-state index in [2.05, 4.69) is 5.32 Å².